The Balaban J connectivity index is 2.76. The quantitative estimate of drug-likeness (QED) is 0.519. The van der Waals surface area contributed by atoms with Gasteiger partial charge in [0, 0.05) is 12.1 Å². The first-order valence-corrected chi connectivity index (χ1v) is 5.83. The van der Waals surface area contributed by atoms with E-state index < -0.39 is 12.2 Å². The number of likely N-dealkylation sites (N-methyl/N-ethyl adjacent to an activating group) is 1. The highest BCUT2D eigenvalue weighted by atomic mass is 35.5. The maximum Gasteiger partial charge on any atom is 0.177 e. The molecule has 2 unspecified atom stereocenters. The number of rotatable bonds is 6. The molecule has 1 rings (SSSR count). The molecule has 0 bridgehead atoms. The zero-order valence-corrected chi connectivity index (χ0v) is 10.3. The number of Topliss-reactive ketones (excluding diaryl/α,β-unsaturated/α-hetero) is 1. The second-order valence-corrected chi connectivity index (χ2v) is 4.02. The summed E-state index contributed by atoms with van der Waals surface area (Å²) in [6, 6.07) is 6.41. The molecule has 0 radical (unpaired) electrons. The van der Waals surface area contributed by atoms with Crippen molar-refractivity contribution in [3.8, 4) is 0 Å². The second kappa shape index (κ2) is 6.71. The SMILES string of the molecule is CNCC(O)C(O)c1ccc(C(=O)CCl)cc1. The summed E-state index contributed by atoms with van der Waals surface area (Å²) in [6.07, 6.45) is -1.85. The fraction of sp³-hybridized carbons (Fsp3) is 0.417. The Bertz CT molecular complexity index is 367. The number of aliphatic hydroxyl groups is 2. The molecule has 0 aliphatic heterocycles. The predicted molar refractivity (Wildman–Crippen MR) is 66.4 cm³/mol. The van der Waals surface area contributed by atoms with Crippen molar-refractivity contribution in [1.82, 2.24) is 5.32 Å². The molecule has 0 saturated heterocycles. The summed E-state index contributed by atoms with van der Waals surface area (Å²) >= 11 is 5.43. The number of hydrogen-bond donors (Lipinski definition) is 3. The van der Waals surface area contributed by atoms with Crippen molar-refractivity contribution in [2.75, 3.05) is 19.5 Å². The van der Waals surface area contributed by atoms with E-state index in [4.69, 9.17) is 11.6 Å². The van der Waals surface area contributed by atoms with Gasteiger partial charge >= 0.3 is 0 Å². The fourth-order valence-electron chi connectivity index (χ4n) is 1.49. The van der Waals surface area contributed by atoms with Crippen LogP contribution in [-0.2, 0) is 0 Å². The lowest BCUT2D eigenvalue weighted by Gasteiger charge is -2.17. The van der Waals surface area contributed by atoms with Gasteiger partial charge in [-0.2, -0.15) is 0 Å². The van der Waals surface area contributed by atoms with Gasteiger partial charge in [-0.1, -0.05) is 24.3 Å². The Morgan fingerprint density at radius 3 is 2.41 bits per heavy atom. The van der Waals surface area contributed by atoms with Crippen molar-refractivity contribution in [3.63, 3.8) is 0 Å². The van der Waals surface area contributed by atoms with Crippen LogP contribution in [0.1, 0.15) is 22.0 Å². The van der Waals surface area contributed by atoms with Crippen LogP contribution in [0.2, 0.25) is 0 Å². The molecule has 1 aromatic carbocycles. The third kappa shape index (κ3) is 3.78. The Labute approximate surface area is 105 Å². The summed E-state index contributed by atoms with van der Waals surface area (Å²) < 4.78 is 0. The van der Waals surface area contributed by atoms with Gasteiger partial charge in [0.1, 0.15) is 6.10 Å². The minimum absolute atomic E-state index is 0.0652. The number of carbonyl (C=O) groups excluding carboxylic acids is 1. The van der Waals surface area contributed by atoms with Crippen LogP contribution in [0.4, 0.5) is 0 Å². The molecule has 0 amide bonds. The summed E-state index contributed by atoms with van der Waals surface area (Å²) in [6.45, 7) is 0.295. The van der Waals surface area contributed by atoms with Gasteiger partial charge in [-0.25, -0.2) is 0 Å². The van der Waals surface area contributed by atoms with E-state index in [0.717, 1.165) is 0 Å². The number of alkyl halides is 1. The molecule has 0 spiro atoms. The zero-order chi connectivity index (χ0) is 12.8. The van der Waals surface area contributed by atoms with Crippen LogP contribution in [0.15, 0.2) is 24.3 Å². The van der Waals surface area contributed by atoms with E-state index >= 15 is 0 Å². The number of nitrogens with one attached hydrogen (secondary N) is 1. The highest BCUT2D eigenvalue weighted by Crippen LogP contribution is 2.17. The Morgan fingerprint density at radius 2 is 1.94 bits per heavy atom. The normalized spacial score (nSPS) is 14.4. The van der Waals surface area contributed by atoms with E-state index in [1.54, 1.807) is 31.3 Å². The van der Waals surface area contributed by atoms with Crippen LogP contribution in [0, 0.1) is 0 Å². The summed E-state index contributed by atoms with van der Waals surface area (Å²) in [5.41, 5.74) is 1.07. The van der Waals surface area contributed by atoms with Crippen molar-refractivity contribution in [3.05, 3.63) is 35.4 Å². The van der Waals surface area contributed by atoms with Crippen molar-refractivity contribution >= 4 is 17.4 Å². The fourth-order valence-corrected chi connectivity index (χ4v) is 1.64. The number of carbonyl (C=O) groups is 1. The minimum atomic E-state index is -0.970. The number of hydrogen-bond acceptors (Lipinski definition) is 4. The van der Waals surface area contributed by atoms with Crippen molar-refractivity contribution in [1.29, 1.82) is 0 Å². The van der Waals surface area contributed by atoms with E-state index in [1.807, 2.05) is 0 Å². The predicted octanol–water partition coefficient (Wildman–Crippen LogP) is 0.722. The molecule has 0 saturated carbocycles. The highest BCUT2D eigenvalue weighted by molar-refractivity contribution is 6.30. The lowest BCUT2D eigenvalue weighted by atomic mass is 10.0. The van der Waals surface area contributed by atoms with Gasteiger partial charge in [-0.3, -0.25) is 4.79 Å². The van der Waals surface area contributed by atoms with Gasteiger partial charge in [0.05, 0.1) is 12.0 Å². The van der Waals surface area contributed by atoms with Crippen LogP contribution >= 0.6 is 11.6 Å². The monoisotopic (exact) mass is 257 g/mol. The third-order valence-electron chi connectivity index (χ3n) is 2.47. The molecular weight excluding hydrogens is 242 g/mol. The third-order valence-corrected chi connectivity index (χ3v) is 2.72. The molecule has 17 heavy (non-hydrogen) atoms. The van der Waals surface area contributed by atoms with E-state index in [0.29, 0.717) is 17.7 Å². The van der Waals surface area contributed by atoms with Gasteiger partial charge in [0.25, 0.3) is 0 Å². The van der Waals surface area contributed by atoms with Gasteiger partial charge in [-0.05, 0) is 12.6 Å². The smallest absolute Gasteiger partial charge is 0.177 e. The Kier molecular flexibility index (Phi) is 5.58. The molecule has 0 aliphatic rings. The number of ketones is 1. The molecule has 0 fully saturated rings. The van der Waals surface area contributed by atoms with E-state index in [9.17, 15) is 15.0 Å². The maximum absolute atomic E-state index is 11.3. The zero-order valence-electron chi connectivity index (χ0n) is 9.56. The highest BCUT2D eigenvalue weighted by Gasteiger charge is 2.17. The van der Waals surface area contributed by atoms with Crippen LogP contribution < -0.4 is 5.32 Å². The molecule has 4 nitrogen and oxygen atoms in total. The van der Waals surface area contributed by atoms with Gasteiger partial charge in [0.2, 0.25) is 0 Å². The van der Waals surface area contributed by atoms with E-state index in [2.05, 4.69) is 5.32 Å². The summed E-state index contributed by atoms with van der Waals surface area (Å²) in [5.74, 6) is -0.229. The molecular formula is C12H16ClNO3. The molecule has 3 N–H and O–H groups in total. The Hall–Kier alpha value is -0.940. The van der Waals surface area contributed by atoms with Crippen molar-refractivity contribution < 1.29 is 15.0 Å². The molecule has 94 valence electrons. The van der Waals surface area contributed by atoms with Crippen LogP contribution in [-0.4, -0.2) is 41.6 Å². The standard InChI is InChI=1S/C12H16ClNO3/c1-14-7-11(16)12(17)9-4-2-8(3-5-9)10(15)6-13/h2-5,11-12,14,16-17H,6-7H2,1H3. The molecule has 5 heteroatoms. The van der Waals surface area contributed by atoms with Crippen molar-refractivity contribution in [2.24, 2.45) is 0 Å². The minimum Gasteiger partial charge on any atom is -0.389 e. The number of halogens is 1. The first-order valence-electron chi connectivity index (χ1n) is 5.30. The molecule has 2 atom stereocenters. The largest absolute Gasteiger partial charge is 0.389 e. The van der Waals surface area contributed by atoms with E-state index in [1.165, 1.54) is 0 Å². The summed E-state index contributed by atoms with van der Waals surface area (Å²) in [5, 5.41) is 22.2. The topological polar surface area (TPSA) is 69.6 Å². The number of aliphatic hydroxyl groups excluding tert-OH is 2. The summed E-state index contributed by atoms with van der Waals surface area (Å²) in [7, 11) is 1.69. The number of benzene rings is 1. The van der Waals surface area contributed by atoms with E-state index in [-0.39, 0.29) is 11.7 Å². The Morgan fingerprint density at radius 1 is 1.35 bits per heavy atom. The average Bonchev–Trinajstić information content (AvgIpc) is 2.37. The first kappa shape index (κ1) is 14.1. The molecule has 0 heterocycles. The van der Waals surface area contributed by atoms with Gasteiger partial charge in [0.15, 0.2) is 5.78 Å². The first-order chi connectivity index (χ1) is 8.10. The second-order valence-electron chi connectivity index (χ2n) is 3.75. The van der Waals surface area contributed by atoms with Crippen molar-refractivity contribution in [2.45, 2.75) is 12.2 Å². The average molecular weight is 258 g/mol. The molecule has 0 aliphatic carbocycles. The molecule has 1 aromatic rings. The van der Waals surface area contributed by atoms with Crippen LogP contribution in [0.25, 0.3) is 0 Å². The molecule has 0 aromatic heterocycles. The van der Waals surface area contributed by atoms with Crippen LogP contribution in [0.5, 0.6) is 0 Å². The van der Waals surface area contributed by atoms with Gasteiger partial charge < -0.3 is 15.5 Å². The lowest BCUT2D eigenvalue weighted by molar-refractivity contribution is 0.0202. The summed E-state index contributed by atoms with van der Waals surface area (Å²) in [4.78, 5) is 11.3. The van der Waals surface area contributed by atoms with Gasteiger partial charge in [-0.15, -0.1) is 11.6 Å². The maximum atomic E-state index is 11.3. The van der Waals surface area contributed by atoms with Crippen LogP contribution in [0.3, 0.4) is 0 Å². The lowest BCUT2D eigenvalue weighted by Crippen LogP contribution is -2.29.